The van der Waals surface area contributed by atoms with Crippen molar-refractivity contribution >= 4 is 24.8 Å². The molecule has 2 fully saturated rings. The van der Waals surface area contributed by atoms with Gasteiger partial charge in [0.05, 0.1) is 12.2 Å². The lowest BCUT2D eigenvalue weighted by molar-refractivity contribution is -0.0843. The van der Waals surface area contributed by atoms with Crippen LogP contribution in [0.2, 0.25) is 0 Å². The van der Waals surface area contributed by atoms with Crippen LogP contribution in [0.1, 0.15) is 39.5 Å². The van der Waals surface area contributed by atoms with Crippen LogP contribution >= 0.6 is 24.8 Å². The minimum atomic E-state index is 0. The maximum absolute atomic E-state index is 5.94. The van der Waals surface area contributed by atoms with E-state index in [0.717, 1.165) is 19.1 Å². The zero-order valence-corrected chi connectivity index (χ0v) is 12.4. The highest BCUT2D eigenvalue weighted by Crippen LogP contribution is 2.24. The molecule has 0 amide bonds. The maximum atomic E-state index is 5.94. The van der Waals surface area contributed by atoms with Gasteiger partial charge in [-0.2, -0.15) is 0 Å². The van der Waals surface area contributed by atoms with Crippen molar-refractivity contribution in [3.63, 3.8) is 0 Å². The summed E-state index contributed by atoms with van der Waals surface area (Å²) >= 11 is 0. The van der Waals surface area contributed by atoms with Gasteiger partial charge in [-0.05, 0) is 39.5 Å². The van der Waals surface area contributed by atoms with Crippen molar-refractivity contribution in [3.8, 4) is 0 Å². The van der Waals surface area contributed by atoms with Crippen molar-refractivity contribution < 1.29 is 4.74 Å². The molecular weight excluding hydrogens is 259 g/mol. The van der Waals surface area contributed by atoms with Crippen LogP contribution in [0.25, 0.3) is 0 Å². The Hall–Kier alpha value is 0.460. The SMILES string of the molecule is CC1CN(C2CCC(N)CC2)CC(C)O1.Cl.Cl. The molecule has 0 radical (unpaired) electrons. The molecule has 2 N–H and O–H groups in total. The highest BCUT2D eigenvalue weighted by Gasteiger charge is 2.29. The number of hydrogen-bond acceptors (Lipinski definition) is 3. The summed E-state index contributed by atoms with van der Waals surface area (Å²) in [6.07, 6.45) is 5.74. The number of rotatable bonds is 1. The van der Waals surface area contributed by atoms with E-state index >= 15 is 0 Å². The molecule has 1 saturated carbocycles. The molecule has 3 nitrogen and oxygen atoms in total. The van der Waals surface area contributed by atoms with Gasteiger partial charge in [0.15, 0.2) is 0 Å². The molecule has 2 unspecified atom stereocenters. The molecule has 2 atom stereocenters. The fourth-order valence-corrected chi connectivity index (χ4v) is 2.98. The van der Waals surface area contributed by atoms with E-state index in [1.165, 1.54) is 25.7 Å². The number of hydrogen-bond donors (Lipinski definition) is 1. The van der Waals surface area contributed by atoms with Gasteiger partial charge in [0, 0.05) is 25.2 Å². The number of halogens is 2. The largest absolute Gasteiger partial charge is 0.373 e. The van der Waals surface area contributed by atoms with E-state index in [-0.39, 0.29) is 24.8 Å². The van der Waals surface area contributed by atoms with Gasteiger partial charge in [0.1, 0.15) is 0 Å². The molecule has 17 heavy (non-hydrogen) atoms. The molecule has 0 aromatic rings. The first-order valence-electron chi connectivity index (χ1n) is 6.30. The van der Waals surface area contributed by atoms with Crippen LogP contribution < -0.4 is 5.73 Å². The van der Waals surface area contributed by atoms with Gasteiger partial charge in [0.25, 0.3) is 0 Å². The summed E-state index contributed by atoms with van der Waals surface area (Å²) in [5.41, 5.74) is 5.94. The fourth-order valence-electron chi connectivity index (χ4n) is 2.98. The molecule has 1 aliphatic heterocycles. The Balaban J connectivity index is 0.00000128. The summed E-state index contributed by atoms with van der Waals surface area (Å²) in [4.78, 5) is 2.62. The van der Waals surface area contributed by atoms with E-state index in [1.54, 1.807) is 0 Å². The predicted molar refractivity (Wildman–Crippen MR) is 76.3 cm³/mol. The maximum Gasteiger partial charge on any atom is 0.0678 e. The highest BCUT2D eigenvalue weighted by atomic mass is 35.5. The number of ether oxygens (including phenoxy) is 1. The van der Waals surface area contributed by atoms with Crippen molar-refractivity contribution in [2.24, 2.45) is 5.73 Å². The van der Waals surface area contributed by atoms with Crippen LogP contribution in [0.5, 0.6) is 0 Å². The molecule has 1 saturated heterocycles. The number of nitrogens with zero attached hydrogens (tertiary/aromatic N) is 1. The van der Waals surface area contributed by atoms with E-state index in [4.69, 9.17) is 10.5 Å². The molecule has 1 aliphatic carbocycles. The molecule has 2 aliphatic rings. The Morgan fingerprint density at radius 1 is 0.941 bits per heavy atom. The average molecular weight is 285 g/mol. The summed E-state index contributed by atoms with van der Waals surface area (Å²) in [5.74, 6) is 0. The molecule has 0 bridgehead atoms. The lowest BCUT2D eigenvalue weighted by Crippen LogP contribution is -2.51. The number of nitrogens with two attached hydrogens (primary N) is 1. The molecule has 2 rings (SSSR count). The van der Waals surface area contributed by atoms with Gasteiger partial charge < -0.3 is 10.5 Å². The number of morpholine rings is 1. The van der Waals surface area contributed by atoms with Gasteiger partial charge >= 0.3 is 0 Å². The highest BCUT2D eigenvalue weighted by molar-refractivity contribution is 5.85. The van der Waals surface area contributed by atoms with E-state index in [2.05, 4.69) is 18.7 Å². The van der Waals surface area contributed by atoms with E-state index in [0.29, 0.717) is 18.2 Å². The van der Waals surface area contributed by atoms with Gasteiger partial charge in [-0.1, -0.05) is 0 Å². The third-order valence-electron chi connectivity index (χ3n) is 3.71. The van der Waals surface area contributed by atoms with E-state index in [1.807, 2.05) is 0 Å². The Morgan fingerprint density at radius 2 is 1.41 bits per heavy atom. The van der Waals surface area contributed by atoms with Crippen LogP contribution in [-0.2, 0) is 4.74 Å². The van der Waals surface area contributed by atoms with Crippen molar-refractivity contribution in [2.75, 3.05) is 13.1 Å². The van der Waals surface area contributed by atoms with Gasteiger partial charge in [0.2, 0.25) is 0 Å². The minimum Gasteiger partial charge on any atom is -0.373 e. The van der Waals surface area contributed by atoms with Gasteiger partial charge in [-0.25, -0.2) is 0 Å². The first kappa shape index (κ1) is 17.5. The Bertz CT molecular complexity index is 201. The van der Waals surface area contributed by atoms with E-state index in [9.17, 15) is 0 Å². The topological polar surface area (TPSA) is 38.5 Å². The first-order valence-corrected chi connectivity index (χ1v) is 6.30. The lowest BCUT2D eigenvalue weighted by atomic mass is 9.90. The van der Waals surface area contributed by atoms with Crippen molar-refractivity contribution in [2.45, 2.75) is 63.8 Å². The van der Waals surface area contributed by atoms with Crippen molar-refractivity contribution in [1.29, 1.82) is 0 Å². The van der Waals surface area contributed by atoms with Crippen molar-refractivity contribution in [3.05, 3.63) is 0 Å². The van der Waals surface area contributed by atoms with Crippen LogP contribution in [0, 0.1) is 0 Å². The normalized spacial score (nSPS) is 39.0. The van der Waals surface area contributed by atoms with Crippen molar-refractivity contribution in [1.82, 2.24) is 4.90 Å². The molecule has 5 heteroatoms. The summed E-state index contributed by atoms with van der Waals surface area (Å²) in [5, 5.41) is 0. The summed E-state index contributed by atoms with van der Waals surface area (Å²) < 4.78 is 5.76. The molecule has 0 aromatic heterocycles. The predicted octanol–water partition coefficient (Wildman–Crippen LogP) is 2.21. The first-order chi connectivity index (χ1) is 7.15. The lowest BCUT2D eigenvalue weighted by Gasteiger charge is -2.42. The standard InChI is InChI=1S/C12H24N2O.2ClH/c1-9-7-14(8-10(2)15-9)12-5-3-11(13)4-6-12;;/h9-12H,3-8,13H2,1-2H3;2*1H. The summed E-state index contributed by atoms with van der Waals surface area (Å²) in [7, 11) is 0. The Morgan fingerprint density at radius 3 is 1.88 bits per heavy atom. The molecule has 0 spiro atoms. The summed E-state index contributed by atoms with van der Waals surface area (Å²) in [6, 6.07) is 1.22. The second-order valence-electron chi connectivity index (χ2n) is 5.28. The molecule has 1 heterocycles. The minimum absolute atomic E-state index is 0. The summed E-state index contributed by atoms with van der Waals surface area (Å²) in [6.45, 7) is 6.56. The zero-order chi connectivity index (χ0) is 10.8. The fraction of sp³-hybridized carbons (Fsp3) is 1.00. The monoisotopic (exact) mass is 284 g/mol. The smallest absolute Gasteiger partial charge is 0.0678 e. The zero-order valence-electron chi connectivity index (χ0n) is 10.8. The van der Waals surface area contributed by atoms with Crippen LogP contribution in [0.4, 0.5) is 0 Å². The Labute approximate surface area is 117 Å². The van der Waals surface area contributed by atoms with Crippen LogP contribution in [-0.4, -0.2) is 42.3 Å². The Kier molecular flexibility index (Phi) is 8.01. The quantitative estimate of drug-likeness (QED) is 0.803. The second-order valence-corrected chi connectivity index (χ2v) is 5.28. The third kappa shape index (κ3) is 4.92. The van der Waals surface area contributed by atoms with Crippen LogP contribution in [0.15, 0.2) is 0 Å². The van der Waals surface area contributed by atoms with Gasteiger partial charge in [-0.15, -0.1) is 24.8 Å². The van der Waals surface area contributed by atoms with E-state index < -0.39 is 0 Å². The van der Waals surface area contributed by atoms with Crippen LogP contribution in [0.3, 0.4) is 0 Å². The van der Waals surface area contributed by atoms with Gasteiger partial charge in [-0.3, -0.25) is 4.90 Å². The second kappa shape index (κ2) is 7.80. The third-order valence-corrected chi connectivity index (χ3v) is 3.71. The average Bonchev–Trinajstić information content (AvgIpc) is 2.17. The molecule has 0 aromatic carbocycles. The molecular formula is C12H26Cl2N2O. The molecule has 104 valence electrons.